The molecule has 1 heterocycles. The molecular formula is C14H23NS. The molecule has 16 heavy (non-hydrogen) atoms. The Balaban J connectivity index is 1.86. The summed E-state index contributed by atoms with van der Waals surface area (Å²) in [4.78, 5) is 0. The first-order valence-electron chi connectivity index (χ1n) is 6.56. The summed E-state index contributed by atoms with van der Waals surface area (Å²) in [5, 5.41) is 4.39. The van der Waals surface area contributed by atoms with Gasteiger partial charge in [0, 0.05) is 6.04 Å². The van der Waals surface area contributed by atoms with Gasteiger partial charge in [0.05, 0.1) is 0 Å². The molecule has 1 saturated carbocycles. The van der Waals surface area contributed by atoms with Crippen molar-refractivity contribution in [3.8, 4) is 0 Å². The van der Waals surface area contributed by atoms with Gasteiger partial charge in [0.25, 0.3) is 0 Å². The number of hydrogen-bond donors (Lipinski definition) is 1. The van der Waals surface area contributed by atoms with E-state index in [1.807, 2.05) is 0 Å². The lowest BCUT2D eigenvalue weighted by Gasteiger charge is -2.32. The fraction of sp³-hybridized carbons (Fsp3) is 0.714. The summed E-state index contributed by atoms with van der Waals surface area (Å²) in [6.07, 6.45) is 7.94. The summed E-state index contributed by atoms with van der Waals surface area (Å²) in [7, 11) is 0. The van der Waals surface area contributed by atoms with Crippen LogP contribution in [0.1, 0.15) is 44.6 Å². The molecule has 1 aromatic heterocycles. The minimum atomic E-state index is 0.379. The van der Waals surface area contributed by atoms with Crippen LogP contribution in [-0.4, -0.2) is 6.04 Å². The third-order valence-corrected chi connectivity index (χ3v) is 4.79. The highest BCUT2D eigenvalue weighted by molar-refractivity contribution is 7.07. The number of nitrogens with two attached hydrogens (primary N) is 1. The normalized spacial score (nSPS) is 27.9. The second kappa shape index (κ2) is 5.83. The van der Waals surface area contributed by atoms with Gasteiger partial charge in [-0.25, -0.2) is 0 Å². The molecule has 1 fully saturated rings. The zero-order valence-electron chi connectivity index (χ0n) is 10.2. The van der Waals surface area contributed by atoms with Gasteiger partial charge in [0.15, 0.2) is 0 Å². The van der Waals surface area contributed by atoms with Crippen molar-refractivity contribution in [2.75, 3.05) is 0 Å². The van der Waals surface area contributed by atoms with Crippen LogP contribution in [0, 0.1) is 11.8 Å². The highest BCUT2D eigenvalue weighted by atomic mass is 32.1. The summed E-state index contributed by atoms with van der Waals surface area (Å²) < 4.78 is 0. The van der Waals surface area contributed by atoms with Crippen LogP contribution in [-0.2, 0) is 6.42 Å². The Bertz CT molecular complexity index is 294. The topological polar surface area (TPSA) is 26.0 Å². The smallest absolute Gasteiger partial charge is 0.0108 e. The fourth-order valence-electron chi connectivity index (χ4n) is 2.94. The van der Waals surface area contributed by atoms with Gasteiger partial charge in [-0.05, 0) is 53.5 Å². The molecule has 0 saturated heterocycles. The molecule has 0 spiro atoms. The lowest BCUT2D eigenvalue weighted by molar-refractivity contribution is 0.228. The Labute approximate surface area is 103 Å². The first kappa shape index (κ1) is 12.1. The van der Waals surface area contributed by atoms with Gasteiger partial charge in [0.2, 0.25) is 0 Å². The van der Waals surface area contributed by atoms with Gasteiger partial charge in [0.1, 0.15) is 0 Å². The Morgan fingerprint density at radius 2 is 2.38 bits per heavy atom. The monoisotopic (exact) mass is 237 g/mol. The van der Waals surface area contributed by atoms with E-state index in [2.05, 4.69) is 23.8 Å². The van der Waals surface area contributed by atoms with E-state index >= 15 is 0 Å². The maximum Gasteiger partial charge on any atom is 0.0108 e. The maximum absolute atomic E-state index is 6.36. The molecule has 3 atom stereocenters. The van der Waals surface area contributed by atoms with Crippen LogP contribution in [0.3, 0.4) is 0 Å². The average Bonchev–Trinajstić information content (AvgIpc) is 2.82. The largest absolute Gasteiger partial charge is 0.327 e. The van der Waals surface area contributed by atoms with Gasteiger partial charge in [-0.15, -0.1) is 0 Å². The van der Waals surface area contributed by atoms with E-state index in [1.54, 1.807) is 11.3 Å². The predicted molar refractivity (Wildman–Crippen MR) is 71.7 cm³/mol. The highest BCUT2D eigenvalue weighted by Crippen LogP contribution is 2.33. The minimum Gasteiger partial charge on any atom is -0.327 e. The van der Waals surface area contributed by atoms with Crippen molar-refractivity contribution in [1.82, 2.24) is 0 Å². The van der Waals surface area contributed by atoms with Crippen LogP contribution in [0.15, 0.2) is 16.8 Å². The van der Waals surface area contributed by atoms with Crippen molar-refractivity contribution < 1.29 is 0 Å². The zero-order chi connectivity index (χ0) is 11.4. The van der Waals surface area contributed by atoms with Crippen LogP contribution in [0.4, 0.5) is 0 Å². The van der Waals surface area contributed by atoms with Crippen molar-refractivity contribution in [2.24, 2.45) is 17.6 Å². The molecule has 1 aromatic rings. The minimum absolute atomic E-state index is 0.379. The molecule has 0 aliphatic heterocycles. The lowest BCUT2D eigenvalue weighted by Crippen LogP contribution is -2.35. The number of thiophene rings is 1. The first-order valence-corrected chi connectivity index (χ1v) is 7.50. The van der Waals surface area contributed by atoms with Crippen LogP contribution >= 0.6 is 11.3 Å². The fourth-order valence-corrected chi connectivity index (χ4v) is 3.62. The van der Waals surface area contributed by atoms with Crippen LogP contribution in [0.25, 0.3) is 0 Å². The third kappa shape index (κ3) is 3.08. The molecule has 2 rings (SSSR count). The highest BCUT2D eigenvalue weighted by Gasteiger charge is 2.25. The van der Waals surface area contributed by atoms with E-state index < -0.39 is 0 Å². The van der Waals surface area contributed by atoms with Crippen LogP contribution in [0.2, 0.25) is 0 Å². The Kier molecular flexibility index (Phi) is 4.42. The van der Waals surface area contributed by atoms with Gasteiger partial charge >= 0.3 is 0 Å². The molecule has 2 heteroatoms. The molecule has 2 N–H and O–H groups in total. The van der Waals surface area contributed by atoms with E-state index in [1.165, 1.54) is 37.7 Å². The lowest BCUT2D eigenvalue weighted by atomic mass is 9.76. The van der Waals surface area contributed by atoms with Gasteiger partial charge < -0.3 is 5.73 Å². The van der Waals surface area contributed by atoms with Crippen molar-refractivity contribution in [2.45, 2.75) is 51.5 Å². The van der Waals surface area contributed by atoms with E-state index in [4.69, 9.17) is 5.73 Å². The van der Waals surface area contributed by atoms with Gasteiger partial charge in [-0.2, -0.15) is 11.3 Å². The second-order valence-corrected chi connectivity index (χ2v) is 5.98. The molecule has 1 aliphatic rings. The van der Waals surface area contributed by atoms with Crippen molar-refractivity contribution in [3.63, 3.8) is 0 Å². The average molecular weight is 237 g/mol. The van der Waals surface area contributed by atoms with Crippen LogP contribution < -0.4 is 5.73 Å². The Hall–Kier alpha value is -0.340. The van der Waals surface area contributed by atoms with Gasteiger partial charge in [-0.1, -0.05) is 26.2 Å². The Morgan fingerprint density at radius 1 is 1.50 bits per heavy atom. The van der Waals surface area contributed by atoms with Crippen molar-refractivity contribution in [1.29, 1.82) is 0 Å². The quantitative estimate of drug-likeness (QED) is 0.846. The SMILES string of the molecule is CCC1CCCC(C(N)Cc2ccsc2)C1. The van der Waals surface area contributed by atoms with Crippen molar-refractivity contribution in [3.05, 3.63) is 22.4 Å². The van der Waals surface area contributed by atoms with Gasteiger partial charge in [-0.3, -0.25) is 0 Å². The molecule has 0 bridgehead atoms. The van der Waals surface area contributed by atoms with E-state index in [0.717, 1.165) is 18.3 Å². The molecule has 1 nitrogen and oxygen atoms in total. The maximum atomic E-state index is 6.36. The first-order chi connectivity index (χ1) is 7.79. The summed E-state index contributed by atoms with van der Waals surface area (Å²) in [6, 6.07) is 2.59. The summed E-state index contributed by atoms with van der Waals surface area (Å²) in [6.45, 7) is 2.32. The third-order valence-electron chi connectivity index (χ3n) is 4.06. The van der Waals surface area contributed by atoms with Crippen molar-refractivity contribution >= 4 is 11.3 Å². The van der Waals surface area contributed by atoms with E-state index in [0.29, 0.717) is 6.04 Å². The molecule has 90 valence electrons. The summed E-state index contributed by atoms with van der Waals surface area (Å²) in [5.74, 6) is 1.70. The van der Waals surface area contributed by atoms with E-state index in [9.17, 15) is 0 Å². The Morgan fingerprint density at radius 3 is 3.06 bits per heavy atom. The summed E-state index contributed by atoms with van der Waals surface area (Å²) >= 11 is 1.78. The van der Waals surface area contributed by atoms with Crippen LogP contribution in [0.5, 0.6) is 0 Å². The standard InChI is InChI=1S/C14H23NS/c1-2-11-4-3-5-13(8-11)14(15)9-12-6-7-16-10-12/h6-7,10-11,13-14H,2-5,8-9,15H2,1H3. The number of hydrogen-bond acceptors (Lipinski definition) is 2. The molecule has 1 aliphatic carbocycles. The molecule has 0 aromatic carbocycles. The predicted octanol–water partition coefficient (Wildman–Crippen LogP) is 3.83. The molecule has 0 amide bonds. The van der Waals surface area contributed by atoms with E-state index in [-0.39, 0.29) is 0 Å². The molecule has 3 unspecified atom stereocenters. The molecule has 0 radical (unpaired) electrons. The number of rotatable bonds is 4. The summed E-state index contributed by atoms with van der Waals surface area (Å²) in [5.41, 5.74) is 7.79. The zero-order valence-corrected chi connectivity index (χ0v) is 11.0. The second-order valence-electron chi connectivity index (χ2n) is 5.20. The molecular weight excluding hydrogens is 214 g/mol.